The van der Waals surface area contributed by atoms with Gasteiger partial charge in [-0.3, -0.25) is 0 Å². The summed E-state index contributed by atoms with van der Waals surface area (Å²) in [7, 11) is 0. The molecule has 0 radical (unpaired) electrons. The van der Waals surface area contributed by atoms with Gasteiger partial charge in [-0.25, -0.2) is 14.1 Å². The molecule has 1 N–H and O–H groups in total. The number of aromatic nitrogens is 3. The first-order valence-electron chi connectivity index (χ1n) is 4.79. The Kier molecular flexibility index (Phi) is 3.04. The van der Waals surface area contributed by atoms with Crippen LogP contribution in [-0.4, -0.2) is 19.9 Å². The molecule has 18 heavy (non-hydrogen) atoms. The summed E-state index contributed by atoms with van der Waals surface area (Å²) in [5.41, 5.74) is -0.899. The summed E-state index contributed by atoms with van der Waals surface area (Å²) in [5.74, 6) is -0.736. The molecule has 96 valence electrons. The number of alkyl halides is 3. The van der Waals surface area contributed by atoms with Crippen LogP contribution in [0.1, 0.15) is 11.1 Å². The van der Waals surface area contributed by atoms with Crippen LogP contribution >= 0.6 is 0 Å². The molecular formula is C10H7F4N3O. The second-order valence-electron chi connectivity index (χ2n) is 3.47. The van der Waals surface area contributed by atoms with Crippen LogP contribution in [0.5, 0.6) is 0 Å². The van der Waals surface area contributed by atoms with E-state index >= 15 is 0 Å². The second-order valence-corrected chi connectivity index (χ2v) is 3.47. The lowest BCUT2D eigenvalue weighted by Crippen LogP contribution is -2.05. The number of rotatable bonds is 2. The van der Waals surface area contributed by atoms with E-state index in [4.69, 9.17) is 5.11 Å². The molecule has 0 spiro atoms. The molecule has 2 rings (SSSR count). The van der Waals surface area contributed by atoms with Gasteiger partial charge in [-0.15, -0.1) is 0 Å². The molecule has 0 atom stereocenters. The number of hydrogen-bond acceptors (Lipinski definition) is 3. The van der Waals surface area contributed by atoms with Gasteiger partial charge in [0.1, 0.15) is 5.82 Å². The van der Waals surface area contributed by atoms with E-state index in [-0.39, 0.29) is 11.4 Å². The fourth-order valence-electron chi connectivity index (χ4n) is 1.38. The molecule has 0 aliphatic carbocycles. The van der Waals surface area contributed by atoms with Crippen LogP contribution in [0.25, 0.3) is 5.82 Å². The van der Waals surface area contributed by atoms with E-state index in [2.05, 4.69) is 10.1 Å². The molecule has 2 aromatic rings. The minimum Gasteiger partial charge on any atom is -0.392 e. The number of nitrogens with zero attached hydrogens (tertiary/aromatic N) is 3. The monoisotopic (exact) mass is 261 g/mol. The molecule has 2 aromatic heterocycles. The third kappa shape index (κ3) is 2.33. The predicted molar refractivity (Wildman–Crippen MR) is 52.2 cm³/mol. The van der Waals surface area contributed by atoms with Crippen molar-refractivity contribution in [1.82, 2.24) is 14.8 Å². The second kappa shape index (κ2) is 4.37. The Morgan fingerprint density at radius 1 is 1.28 bits per heavy atom. The molecule has 4 nitrogen and oxygen atoms in total. The van der Waals surface area contributed by atoms with Crippen molar-refractivity contribution in [3.63, 3.8) is 0 Å². The van der Waals surface area contributed by atoms with E-state index in [1.807, 2.05) is 0 Å². The Morgan fingerprint density at radius 3 is 2.56 bits per heavy atom. The third-order valence-electron chi connectivity index (χ3n) is 2.21. The maximum atomic E-state index is 12.9. The van der Waals surface area contributed by atoms with Gasteiger partial charge >= 0.3 is 6.18 Å². The SMILES string of the molecule is OCc1cc(F)cnc1-n1cc(C(F)(F)F)cn1. The molecule has 0 saturated carbocycles. The molecule has 0 aliphatic rings. The maximum absolute atomic E-state index is 12.9. The minimum atomic E-state index is -4.52. The zero-order valence-corrected chi connectivity index (χ0v) is 8.82. The molecule has 0 saturated heterocycles. The Balaban J connectivity index is 2.46. The smallest absolute Gasteiger partial charge is 0.392 e. The number of halogens is 4. The minimum absolute atomic E-state index is 0.0469. The predicted octanol–water partition coefficient (Wildman–Crippen LogP) is 1.92. The molecule has 0 unspecified atom stereocenters. The Hall–Kier alpha value is -1.96. The maximum Gasteiger partial charge on any atom is 0.419 e. The number of pyridine rings is 1. The molecule has 0 aromatic carbocycles. The molecule has 0 bridgehead atoms. The van der Waals surface area contributed by atoms with Gasteiger partial charge in [0.05, 0.1) is 24.6 Å². The lowest BCUT2D eigenvalue weighted by Gasteiger charge is -2.06. The summed E-state index contributed by atoms with van der Waals surface area (Å²) < 4.78 is 50.8. The zero-order valence-electron chi connectivity index (χ0n) is 8.82. The highest BCUT2D eigenvalue weighted by atomic mass is 19.4. The van der Waals surface area contributed by atoms with E-state index in [9.17, 15) is 17.6 Å². The van der Waals surface area contributed by atoms with Gasteiger partial charge in [-0.2, -0.15) is 18.3 Å². The summed E-state index contributed by atoms with van der Waals surface area (Å²) in [6.45, 7) is -0.554. The highest BCUT2D eigenvalue weighted by Gasteiger charge is 2.32. The van der Waals surface area contributed by atoms with Gasteiger partial charge in [0, 0.05) is 11.8 Å². The van der Waals surface area contributed by atoms with Crippen LogP contribution in [0.3, 0.4) is 0 Å². The van der Waals surface area contributed by atoms with Crippen LogP contribution in [0.15, 0.2) is 24.7 Å². The van der Waals surface area contributed by atoms with Crippen LogP contribution in [-0.2, 0) is 12.8 Å². The van der Waals surface area contributed by atoms with E-state index in [0.717, 1.165) is 23.1 Å². The third-order valence-corrected chi connectivity index (χ3v) is 2.21. The lowest BCUT2D eigenvalue weighted by molar-refractivity contribution is -0.137. The summed E-state index contributed by atoms with van der Waals surface area (Å²) in [5, 5.41) is 12.5. The molecule has 0 fully saturated rings. The van der Waals surface area contributed by atoms with Gasteiger partial charge in [0.2, 0.25) is 0 Å². The van der Waals surface area contributed by atoms with Crippen molar-refractivity contribution >= 4 is 0 Å². The fraction of sp³-hybridized carbons (Fsp3) is 0.200. The van der Waals surface area contributed by atoms with Gasteiger partial charge in [0.15, 0.2) is 5.82 Å². The van der Waals surface area contributed by atoms with Gasteiger partial charge in [-0.05, 0) is 6.07 Å². The van der Waals surface area contributed by atoms with Gasteiger partial charge in [-0.1, -0.05) is 0 Å². The summed E-state index contributed by atoms with van der Waals surface area (Å²) >= 11 is 0. The van der Waals surface area contributed by atoms with Crippen LogP contribution in [0.4, 0.5) is 17.6 Å². The van der Waals surface area contributed by atoms with E-state index in [1.54, 1.807) is 0 Å². The Labute approximate surface area is 98.5 Å². The van der Waals surface area contributed by atoms with Crippen molar-refractivity contribution in [1.29, 1.82) is 0 Å². The highest BCUT2D eigenvalue weighted by molar-refractivity contribution is 5.33. The first-order valence-corrected chi connectivity index (χ1v) is 4.79. The van der Waals surface area contributed by atoms with Crippen molar-refractivity contribution in [2.45, 2.75) is 12.8 Å². The fourth-order valence-corrected chi connectivity index (χ4v) is 1.38. The first-order chi connectivity index (χ1) is 8.41. The van der Waals surface area contributed by atoms with E-state index in [1.165, 1.54) is 0 Å². The average molecular weight is 261 g/mol. The molecule has 0 amide bonds. The van der Waals surface area contributed by atoms with Crippen molar-refractivity contribution in [3.05, 3.63) is 41.6 Å². The summed E-state index contributed by atoms with van der Waals surface area (Å²) in [4.78, 5) is 3.61. The van der Waals surface area contributed by atoms with Crippen molar-refractivity contribution in [3.8, 4) is 5.82 Å². The number of aliphatic hydroxyl groups is 1. The van der Waals surface area contributed by atoms with E-state index in [0.29, 0.717) is 6.20 Å². The Bertz CT molecular complexity index is 564. The normalized spacial score (nSPS) is 11.8. The number of hydrogen-bond donors (Lipinski definition) is 1. The Morgan fingerprint density at radius 2 is 2.00 bits per heavy atom. The van der Waals surface area contributed by atoms with Crippen LogP contribution < -0.4 is 0 Å². The van der Waals surface area contributed by atoms with E-state index < -0.39 is 24.2 Å². The highest BCUT2D eigenvalue weighted by Crippen LogP contribution is 2.29. The largest absolute Gasteiger partial charge is 0.419 e. The zero-order chi connectivity index (χ0) is 13.3. The quantitative estimate of drug-likeness (QED) is 0.840. The topological polar surface area (TPSA) is 50.9 Å². The molecule has 2 heterocycles. The first kappa shape index (κ1) is 12.5. The number of aliphatic hydroxyl groups excluding tert-OH is 1. The standard InChI is InChI=1S/C10H7F4N3O/c11-8-1-6(5-18)9(15-3-8)17-4-7(2-16-17)10(12,13)14/h1-4,18H,5H2. The molecule has 0 aliphatic heterocycles. The van der Waals surface area contributed by atoms with Crippen molar-refractivity contribution in [2.24, 2.45) is 0 Å². The average Bonchev–Trinajstić information content (AvgIpc) is 2.77. The van der Waals surface area contributed by atoms with Crippen molar-refractivity contribution in [2.75, 3.05) is 0 Å². The van der Waals surface area contributed by atoms with Crippen LogP contribution in [0.2, 0.25) is 0 Å². The summed E-state index contributed by atoms with van der Waals surface area (Å²) in [6, 6.07) is 0.983. The van der Waals surface area contributed by atoms with Crippen molar-refractivity contribution < 1.29 is 22.7 Å². The lowest BCUT2D eigenvalue weighted by atomic mass is 10.2. The van der Waals surface area contributed by atoms with Gasteiger partial charge in [0.25, 0.3) is 0 Å². The molecular weight excluding hydrogens is 254 g/mol. The van der Waals surface area contributed by atoms with Gasteiger partial charge < -0.3 is 5.11 Å². The summed E-state index contributed by atoms with van der Waals surface area (Å²) in [6.07, 6.45) is -2.33. The molecule has 8 heteroatoms. The van der Waals surface area contributed by atoms with Crippen LogP contribution in [0, 0.1) is 5.82 Å².